The molecule has 4 nitrogen and oxygen atoms in total. The molecule has 6 heteroatoms. The van der Waals surface area contributed by atoms with Crippen LogP contribution in [0.3, 0.4) is 0 Å². The van der Waals surface area contributed by atoms with Gasteiger partial charge < -0.3 is 5.11 Å². The Morgan fingerprint density at radius 2 is 2.29 bits per heavy atom. The van der Waals surface area contributed by atoms with E-state index in [1.165, 1.54) is 0 Å². The lowest BCUT2D eigenvalue weighted by Crippen LogP contribution is -2.39. The molecular weight excluding hydrogens is 222 g/mol. The van der Waals surface area contributed by atoms with Crippen molar-refractivity contribution in [3.05, 3.63) is 0 Å². The van der Waals surface area contributed by atoms with Crippen LogP contribution in [0.5, 0.6) is 0 Å². The predicted molar refractivity (Wildman–Crippen MR) is 59.0 cm³/mol. The molecule has 2 N–H and O–H groups in total. The van der Waals surface area contributed by atoms with E-state index in [0.717, 1.165) is 24.3 Å². The highest BCUT2D eigenvalue weighted by atomic mass is 32.2. The summed E-state index contributed by atoms with van der Waals surface area (Å²) in [6.07, 6.45) is 2.33. The summed E-state index contributed by atoms with van der Waals surface area (Å²) in [6, 6.07) is 0.0949. The molecule has 0 saturated carbocycles. The Kier molecular flexibility index (Phi) is 5.22. The largest absolute Gasteiger partial charge is 0.396 e. The van der Waals surface area contributed by atoms with Crippen molar-refractivity contribution in [2.24, 2.45) is 0 Å². The third-order valence-electron chi connectivity index (χ3n) is 2.08. The van der Waals surface area contributed by atoms with Gasteiger partial charge in [-0.05, 0) is 25.0 Å². The van der Waals surface area contributed by atoms with Crippen LogP contribution >= 0.6 is 11.8 Å². The van der Waals surface area contributed by atoms with Crippen LogP contribution in [0.15, 0.2) is 0 Å². The normalized spacial score (nSPS) is 23.6. The third kappa shape index (κ3) is 4.63. The molecule has 1 unspecified atom stereocenters. The molecule has 0 radical (unpaired) electrons. The second-order valence-corrected chi connectivity index (χ2v) is 6.45. The first-order valence-electron chi connectivity index (χ1n) is 4.82. The molecule has 0 aliphatic carbocycles. The first kappa shape index (κ1) is 12.3. The molecule has 1 heterocycles. The zero-order chi connectivity index (χ0) is 10.4. The second-order valence-electron chi connectivity index (χ2n) is 3.43. The van der Waals surface area contributed by atoms with Crippen LogP contribution in [0, 0.1) is 0 Å². The molecule has 0 bridgehead atoms. The third-order valence-corrected chi connectivity index (χ3v) is 4.81. The smallest absolute Gasteiger partial charge is 0.211 e. The van der Waals surface area contributed by atoms with Crippen LogP contribution in [0.1, 0.15) is 19.3 Å². The number of hydrogen-bond acceptors (Lipinski definition) is 4. The van der Waals surface area contributed by atoms with E-state index in [0.29, 0.717) is 6.42 Å². The second kappa shape index (κ2) is 5.95. The molecule has 1 fully saturated rings. The minimum Gasteiger partial charge on any atom is -0.396 e. The van der Waals surface area contributed by atoms with Gasteiger partial charge in [-0.1, -0.05) is 0 Å². The predicted octanol–water partition coefficient (Wildman–Crippen LogP) is 0.184. The van der Waals surface area contributed by atoms with Crippen molar-refractivity contribution in [3.8, 4) is 0 Å². The number of thioether (sulfide) groups is 1. The summed E-state index contributed by atoms with van der Waals surface area (Å²) in [7, 11) is -3.17. The van der Waals surface area contributed by atoms with Gasteiger partial charge in [-0.3, -0.25) is 0 Å². The maximum absolute atomic E-state index is 11.4. The van der Waals surface area contributed by atoms with Crippen LogP contribution in [-0.2, 0) is 10.0 Å². The van der Waals surface area contributed by atoms with Crippen LogP contribution in [-0.4, -0.2) is 43.4 Å². The Morgan fingerprint density at radius 3 is 2.86 bits per heavy atom. The van der Waals surface area contributed by atoms with E-state index in [1.807, 2.05) is 0 Å². The molecule has 1 rings (SSSR count). The summed E-state index contributed by atoms with van der Waals surface area (Å²) in [6.45, 7) is -0.0691. The highest BCUT2D eigenvalue weighted by Gasteiger charge is 2.19. The van der Waals surface area contributed by atoms with Gasteiger partial charge in [-0.25, -0.2) is 13.1 Å². The van der Waals surface area contributed by atoms with Gasteiger partial charge in [0.2, 0.25) is 10.0 Å². The first-order chi connectivity index (χ1) is 6.64. The fraction of sp³-hybridized carbons (Fsp3) is 1.00. The van der Waals surface area contributed by atoms with Crippen molar-refractivity contribution in [2.75, 3.05) is 23.9 Å². The number of aliphatic hydroxyl groups excluding tert-OH is 1. The van der Waals surface area contributed by atoms with Crippen molar-refractivity contribution in [2.45, 2.75) is 25.3 Å². The summed E-state index contributed by atoms with van der Waals surface area (Å²) < 4.78 is 25.5. The zero-order valence-electron chi connectivity index (χ0n) is 8.11. The van der Waals surface area contributed by atoms with Crippen LogP contribution in [0.4, 0.5) is 0 Å². The number of aliphatic hydroxyl groups is 1. The SMILES string of the molecule is O=S(=O)(CCCO)NC1CCCSC1. The minimum absolute atomic E-state index is 0.0324. The standard InChI is InChI=1S/C8H17NO3S2/c10-4-2-6-14(11,12)9-8-3-1-5-13-7-8/h8-10H,1-7H2. The van der Waals surface area contributed by atoms with Crippen molar-refractivity contribution in [1.29, 1.82) is 0 Å². The summed E-state index contributed by atoms with van der Waals surface area (Å²) >= 11 is 1.79. The molecule has 1 atom stereocenters. The Bertz CT molecular complexity index is 247. The molecule has 14 heavy (non-hydrogen) atoms. The Hall–Kier alpha value is 0.220. The van der Waals surface area contributed by atoms with Crippen molar-refractivity contribution in [3.63, 3.8) is 0 Å². The monoisotopic (exact) mass is 239 g/mol. The fourth-order valence-electron chi connectivity index (χ4n) is 1.40. The fourth-order valence-corrected chi connectivity index (χ4v) is 3.91. The zero-order valence-corrected chi connectivity index (χ0v) is 9.74. The quantitative estimate of drug-likeness (QED) is 0.718. The van der Waals surface area contributed by atoms with Crippen molar-refractivity contribution in [1.82, 2.24) is 4.72 Å². The van der Waals surface area contributed by atoms with Crippen LogP contribution in [0.2, 0.25) is 0 Å². The molecule has 0 aromatic carbocycles. The van der Waals surface area contributed by atoms with E-state index >= 15 is 0 Å². The van der Waals surface area contributed by atoms with E-state index in [1.54, 1.807) is 11.8 Å². The highest BCUT2D eigenvalue weighted by molar-refractivity contribution is 7.99. The Labute approximate surface area is 89.5 Å². The average molecular weight is 239 g/mol. The van der Waals surface area contributed by atoms with E-state index < -0.39 is 10.0 Å². The van der Waals surface area contributed by atoms with E-state index in [9.17, 15) is 8.42 Å². The Morgan fingerprint density at radius 1 is 1.50 bits per heavy atom. The maximum Gasteiger partial charge on any atom is 0.211 e. The summed E-state index contributed by atoms with van der Waals surface area (Å²) in [5.41, 5.74) is 0. The summed E-state index contributed by atoms with van der Waals surface area (Å²) in [5, 5.41) is 8.54. The summed E-state index contributed by atoms with van der Waals surface area (Å²) in [5.74, 6) is 2.04. The molecule has 84 valence electrons. The van der Waals surface area contributed by atoms with E-state index in [4.69, 9.17) is 5.11 Å². The molecule has 1 saturated heterocycles. The lowest BCUT2D eigenvalue weighted by Gasteiger charge is -2.22. The number of nitrogens with one attached hydrogen (secondary N) is 1. The molecular formula is C8H17NO3S2. The van der Waals surface area contributed by atoms with E-state index in [-0.39, 0.29) is 18.4 Å². The number of sulfonamides is 1. The van der Waals surface area contributed by atoms with Gasteiger partial charge in [0.1, 0.15) is 0 Å². The molecule has 1 aliphatic rings. The van der Waals surface area contributed by atoms with Gasteiger partial charge in [0.15, 0.2) is 0 Å². The minimum atomic E-state index is -3.17. The first-order valence-corrected chi connectivity index (χ1v) is 7.63. The lowest BCUT2D eigenvalue weighted by atomic mass is 10.2. The number of hydrogen-bond donors (Lipinski definition) is 2. The van der Waals surface area contributed by atoms with Gasteiger partial charge in [-0.2, -0.15) is 11.8 Å². The molecule has 0 aromatic heterocycles. The number of rotatable bonds is 5. The molecule has 0 amide bonds. The molecule has 0 spiro atoms. The van der Waals surface area contributed by atoms with Gasteiger partial charge in [0, 0.05) is 18.4 Å². The molecule has 1 aliphatic heterocycles. The van der Waals surface area contributed by atoms with Gasteiger partial charge >= 0.3 is 0 Å². The topological polar surface area (TPSA) is 66.4 Å². The Balaban J connectivity index is 2.33. The lowest BCUT2D eigenvalue weighted by molar-refractivity contribution is 0.295. The van der Waals surface area contributed by atoms with Crippen molar-refractivity contribution >= 4 is 21.8 Å². The van der Waals surface area contributed by atoms with E-state index in [2.05, 4.69) is 4.72 Å². The highest BCUT2D eigenvalue weighted by Crippen LogP contribution is 2.17. The summed E-state index contributed by atoms with van der Waals surface area (Å²) in [4.78, 5) is 0. The molecule has 0 aromatic rings. The van der Waals surface area contributed by atoms with Crippen LogP contribution < -0.4 is 4.72 Å². The van der Waals surface area contributed by atoms with Gasteiger partial charge in [0.05, 0.1) is 5.75 Å². The maximum atomic E-state index is 11.4. The van der Waals surface area contributed by atoms with Gasteiger partial charge in [-0.15, -0.1) is 0 Å². The van der Waals surface area contributed by atoms with Gasteiger partial charge in [0.25, 0.3) is 0 Å². The average Bonchev–Trinajstić information content (AvgIpc) is 2.16. The van der Waals surface area contributed by atoms with Crippen molar-refractivity contribution < 1.29 is 13.5 Å². The van der Waals surface area contributed by atoms with Crippen LogP contribution in [0.25, 0.3) is 0 Å².